The van der Waals surface area contributed by atoms with E-state index in [0.29, 0.717) is 17.3 Å². The first-order chi connectivity index (χ1) is 10.4. The lowest BCUT2D eigenvalue weighted by molar-refractivity contribution is -0.384. The largest absolute Gasteiger partial charge is 0.326 e. The number of non-ortho nitro benzene ring substituents is 1. The third-order valence-electron chi connectivity index (χ3n) is 3.21. The number of anilines is 1. The number of benzene rings is 1. The fourth-order valence-corrected chi connectivity index (χ4v) is 2.13. The van der Waals surface area contributed by atoms with Crippen LogP contribution in [0.4, 0.5) is 11.4 Å². The van der Waals surface area contributed by atoms with Crippen molar-refractivity contribution in [2.24, 2.45) is 0 Å². The molecule has 2 aromatic rings. The molecule has 0 radical (unpaired) electrons. The van der Waals surface area contributed by atoms with E-state index in [2.05, 4.69) is 10.4 Å². The highest BCUT2D eigenvalue weighted by Gasteiger charge is 2.11. The zero-order chi connectivity index (χ0) is 16.3. The maximum atomic E-state index is 11.9. The highest BCUT2D eigenvalue weighted by Crippen LogP contribution is 2.19. The first-order valence-electron chi connectivity index (χ1n) is 6.62. The Hall–Kier alpha value is -2.41. The standard InChI is InChI=1S/C14H15ClN4O3/c1-9-14(15)10(2)18(17-9)8-7-13(20)16-11-3-5-12(6-4-11)19(21)22/h3-6H,7-8H2,1-2H3,(H,16,20). The van der Waals surface area contributed by atoms with E-state index in [0.717, 1.165) is 11.4 Å². The molecular weight excluding hydrogens is 308 g/mol. The van der Waals surface area contributed by atoms with E-state index in [9.17, 15) is 14.9 Å². The molecule has 0 saturated carbocycles. The average Bonchev–Trinajstić information content (AvgIpc) is 2.73. The first kappa shape index (κ1) is 16.0. The highest BCUT2D eigenvalue weighted by atomic mass is 35.5. The van der Waals surface area contributed by atoms with Gasteiger partial charge in [-0.3, -0.25) is 19.6 Å². The molecule has 0 saturated heterocycles. The molecule has 0 aliphatic rings. The van der Waals surface area contributed by atoms with Crippen LogP contribution in [0.1, 0.15) is 17.8 Å². The molecule has 2 rings (SSSR count). The minimum absolute atomic E-state index is 0.0183. The Labute approximate surface area is 132 Å². The van der Waals surface area contributed by atoms with Gasteiger partial charge in [-0.15, -0.1) is 0 Å². The maximum Gasteiger partial charge on any atom is 0.269 e. The summed E-state index contributed by atoms with van der Waals surface area (Å²) in [5.41, 5.74) is 2.05. The van der Waals surface area contributed by atoms with Crippen molar-refractivity contribution in [1.29, 1.82) is 0 Å². The van der Waals surface area contributed by atoms with Crippen LogP contribution in [0.25, 0.3) is 0 Å². The van der Waals surface area contributed by atoms with Gasteiger partial charge in [0.25, 0.3) is 5.69 Å². The number of nitro groups is 1. The van der Waals surface area contributed by atoms with Gasteiger partial charge in [-0.2, -0.15) is 5.10 Å². The fraction of sp³-hybridized carbons (Fsp3) is 0.286. The molecule has 0 aliphatic carbocycles. The number of nitrogens with one attached hydrogen (secondary N) is 1. The molecule has 22 heavy (non-hydrogen) atoms. The molecule has 1 heterocycles. The number of rotatable bonds is 5. The fourth-order valence-electron chi connectivity index (χ4n) is 1.99. The van der Waals surface area contributed by atoms with E-state index >= 15 is 0 Å². The summed E-state index contributed by atoms with van der Waals surface area (Å²) in [4.78, 5) is 22.0. The predicted octanol–water partition coefficient (Wildman–Crippen LogP) is 3.09. The molecular formula is C14H15ClN4O3. The molecule has 0 atom stereocenters. The molecule has 1 aromatic carbocycles. The van der Waals surface area contributed by atoms with Crippen LogP contribution >= 0.6 is 11.6 Å². The van der Waals surface area contributed by atoms with Gasteiger partial charge in [-0.05, 0) is 26.0 Å². The Kier molecular flexibility index (Phi) is 4.77. The van der Waals surface area contributed by atoms with Crippen molar-refractivity contribution in [3.63, 3.8) is 0 Å². The predicted molar refractivity (Wildman–Crippen MR) is 83.1 cm³/mol. The molecule has 116 valence electrons. The molecule has 0 fully saturated rings. The summed E-state index contributed by atoms with van der Waals surface area (Å²) in [6, 6.07) is 5.68. The number of halogens is 1. The number of nitrogens with zero attached hydrogens (tertiary/aromatic N) is 3. The lowest BCUT2D eigenvalue weighted by atomic mass is 10.2. The molecule has 0 aliphatic heterocycles. The monoisotopic (exact) mass is 322 g/mol. The van der Waals surface area contributed by atoms with Crippen molar-refractivity contribution in [3.05, 3.63) is 50.8 Å². The second-order valence-corrected chi connectivity index (χ2v) is 5.19. The Balaban J connectivity index is 1.92. The van der Waals surface area contributed by atoms with Gasteiger partial charge in [0.1, 0.15) is 0 Å². The van der Waals surface area contributed by atoms with Gasteiger partial charge in [0, 0.05) is 24.2 Å². The average molecular weight is 323 g/mol. The van der Waals surface area contributed by atoms with E-state index in [1.54, 1.807) is 4.68 Å². The van der Waals surface area contributed by atoms with E-state index in [1.807, 2.05) is 13.8 Å². The van der Waals surface area contributed by atoms with E-state index in [4.69, 9.17) is 11.6 Å². The summed E-state index contributed by atoms with van der Waals surface area (Å²) < 4.78 is 1.69. The number of carbonyl (C=O) groups excluding carboxylic acids is 1. The zero-order valence-corrected chi connectivity index (χ0v) is 12.9. The first-order valence-corrected chi connectivity index (χ1v) is 7.00. The van der Waals surface area contributed by atoms with E-state index in [-0.39, 0.29) is 18.0 Å². The number of nitro benzene ring substituents is 1. The summed E-state index contributed by atoms with van der Waals surface area (Å²) in [7, 11) is 0. The Morgan fingerprint density at radius 1 is 1.36 bits per heavy atom. The van der Waals surface area contributed by atoms with Crippen LogP contribution in [0.15, 0.2) is 24.3 Å². The molecule has 0 bridgehead atoms. The maximum absolute atomic E-state index is 11.9. The van der Waals surface area contributed by atoms with Crippen molar-refractivity contribution < 1.29 is 9.72 Å². The summed E-state index contributed by atoms with van der Waals surface area (Å²) in [6.45, 7) is 4.07. The Bertz CT molecular complexity index is 710. The van der Waals surface area contributed by atoms with Crippen LogP contribution in [0, 0.1) is 24.0 Å². The summed E-state index contributed by atoms with van der Waals surface area (Å²) in [5.74, 6) is -0.197. The van der Waals surface area contributed by atoms with Gasteiger partial charge < -0.3 is 5.32 Å². The number of carbonyl (C=O) groups is 1. The minimum Gasteiger partial charge on any atom is -0.326 e. The van der Waals surface area contributed by atoms with E-state index in [1.165, 1.54) is 24.3 Å². The van der Waals surface area contributed by atoms with Gasteiger partial charge in [-0.25, -0.2) is 0 Å². The summed E-state index contributed by atoms with van der Waals surface area (Å²) in [5, 5.41) is 18.1. The van der Waals surface area contributed by atoms with Gasteiger partial charge in [0.2, 0.25) is 5.91 Å². The molecule has 0 unspecified atom stereocenters. The second-order valence-electron chi connectivity index (χ2n) is 4.81. The Morgan fingerprint density at radius 3 is 2.50 bits per heavy atom. The topological polar surface area (TPSA) is 90.1 Å². The van der Waals surface area contributed by atoms with Crippen LogP contribution in [0.5, 0.6) is 0 Å². The lowest BCUT2D eigenvalue weighted by Crippen LogP contribution is -2.15. The van der Waals surface area contributed by atoms with Crippen LogP contribution in [-0.4, -0.2) is 20.6 Å². The summed E-state index contributed by atoms with van der Waals surface area (Å²) in [6.07, 6.45) is 0.231. The second kappa shape index (κ2) is 6.57. The van der Waals surface area contributed by atoms with Crippen molar-refractivity contribution >= 4 is 28.9 Å². The van der Waals surface area contributed by atoms with Crippen LogP contribution in [0.2, 0.25) is 5.02 Å². The Morgan fingerprint density at radius 2 is 2.00 bits per heavy atom. The van der Waals surface area contributed by atoms with Gasteiger partial charge >= 0.3 is 0 Å². The third kappa shape index (κ3) is 3.62. The number of amides is 1. The van der Waals surface area contributed by atoms with Crippen LogP contribution in [0.3, 0.4) is 0 Å². The quantitative estimate of drug-likeness (QED) is 0.676. The molecule has 8 heteroatoms. The summed E-state index contributed by atoms with van der Waals surface area (Å²) >= 11 is 6.04. The lowest BCUT2D eigenvalue weighted by Gasteiger charge is -2.06. The number of aromatic nitrogens is 2. The number of aryl methyl sites for hydroxylation is 2. The third-order valence-corrected chi connectivity index (χ3v) is 3.75. The molecule has 7 nitrogen and oxygen atoms in total. The normalized spacial score (nSPS) is 10.5. The smallest absolute Gasteiger partial charge is 0.269 e. The van der Waals surface area contributed by atoms with Crippen molar-refractivity contribution in [1.82, 2.24) is 9.78 Å². The van der Waals surface area contributed by atoms with Crippen LogP contribution < -0.4 is 5.32 Å². The van der Waals surface area contributed by atoms with Crippen molar-refractivity contribution in [3.8, 4) is 0 Å². The highest BCUT2D eigenvalue weighted by molar-refractivity contribution is 6.31. The van der Waals surface area contributed by atoms with Crippen molar-refractivity contribution in [2.45, 2.75) is 26.8 Å². The zero-order valence-electron chi connectivity index (χ0n) is 12.2. The number of hydrogen-bond donors (Lipinski definition) is 1. The molecule has 0 spiro atoms. The van der Waals surface area contributed by atoms with Gasteiger partial charge in [-0.1, -0.05) is 11.6 Å². The van der Waals surface area contributed by atoms with Crippen LogP contribution in [-0.2, 0) is 11.3 Å². The molecule has 1 aromatic heterocycles. The molecule has 1 amide bonds. The van der Waals surface area contributed by atoms with Gasteiger partial charge in [0.15, 0.2) is 0 Å². The van der Waals surface area contributed by atoms with Gasteiger partial charge in [0.05, 0.1) is 27.9 Å². The number of hydrogen-bond acceptors (Lipinski definition) is 4. The minimum atomic E-state index is -0.488. The van der Waals surface area contributed by atoms with Crippen molar-refractivity contribution in [2.75, 3.05) is 5.32 Å². The van der Waals surface area contributed by atoms with E-state index < -0.39 is 4.92 Å². The SMILES string of the molecule is Cc1nn(CCC(=O)Nc2ccc([N+](=O)[O-])cc2)c(C)c1Cl. The molecule has 1 N–H and O–H groups in total.